The molecule has 3 aromatic rings. The van der Waals surface area contributed by atoms with Crippen LogP contribution in [0.25, 0.3) is 10.8 Å². The van der Waals surface area contributed by atoms with Gasteiger partial charge in [0.25, 0.3) is 0 Å². The zero-order chi connectivity index (χ0) is 19.3. The van der Waals surface area contributed by atoms with Crippen LogP contribution < -0.4 is 10.2 Å². The molecule has 0 aromatic heterocycles. The van der Waals surface area contributed by atoms with E-state index in [-0.39, 0.29) is 11.8 Å². The summed E-state index contributed by atoms with van der Waals surface area (Å²) < 4.78 is 0. The van der Waals surface area contributed by atoms with Crippen molar-refractivity contribution < 1.29 is 9.90 Å². The quantitative estimate of drug-likeness (QED) is 0.732. The average Bonchev–Trinajstić information content (AvgIpc) is 2.74. The smallest absolute Gasteiger partial charge is 0.317 e. The molecule has 0 radical (unpaired) electrons. The van der Waals surface area contributed by atoms with Gasteiger partial charge in [-0.3, -0.25) is 0 Å². The summed E-state index contributed by atoms with van der Waals surface area (Å²) in [7, 11) is 0. The predicted molar refractivity (Wildman–Crippen MR) is 113 cm³/mol. The lowest BCUT2D eigenvalue weighted by atomic mass is 10.0. The van der Waals surface area contributed by atoms with E-state index >= 15 is 0 Å². The standard InChI is InChI=1S/C23H25N3O2/c27-22-11-4-3-10-21(22)25-14-16-26(17-15-25)23(28)24-13-12-19-8-5-7-18-6-1-2-9-20(18)19/h1-11,27H,12-17H2,(H,24,28). The number of rotatable bonds is 4. The van der Waals surface area contributed by atoms with Crippen LogP contribution in [0.1, 0.15) is 5.56 Å². The Morgan fingerprint density at radius 2 is 1.61 bits per heavy atom. The molecule has 0 aliphatic carbocycles. The van der Waals surface area contributed by atoms with E-state index in [4.69, 9.17) is 0 Å². The summed E-state index contributed by atoms with van der Waals surface area (Å²) in [5, 5.41) is 15.5. The first-order valence-electron chi connectivity index (χ1n) is 9.75. The van der Waals surface area contributed by atoms with Gasteiger partial charge in [0.05, 0.1) is 5.69 Å². The Morgan fingerprint density at radius 1 is 0.893 bits per heavy atom. The lowest BCUT2D eigenvalue weighted by molar-refractivity contribution is 0.194. The molecular formula is C23H25N3O2. The largest absolute Gasteiger partial charge is 0.506 e. The van der Waals surface area contributed by atoms with Crippen molar-refractivity contribution in [3.05, 3.63) is 72.3 Å². The molecule has 0 atom stereocenters. The lowest BCUT2D eigenvalue weighted by Crippen LogP contribution is -2.52. The van der Waals surface area contributed by atoms with E-state index in [1.165, 1.54) is 16.3 Å². The van der Waals surface area contributed by atoms with E-state index in [1.54, 1.807) is 6.07 Å². The van der Waals surface area contributed by atoms with Crippen molar-refractivity contribution in [1.29, 1.82) is 0 Å². The number of nitrogens with one attached hydrogen (secondary N) is 1. The maximum atomic E-state index is 12.5. The van der Waals surface area contributed by atoms with Crippen molar-refractivity contribution in [2.45, 2.75) is 6.42 Å². The first kappa shape index (κ1) is 18.2. The molecule has 4 rings (SSSR count). The van der Waals surface area contributed by atoms with Gasteiger partial charge in [-0.05, 0) is 34.9 Å². The minimum absolute atomic E-state index is 0.0165. The number of hydrogen-bond donors (Lipinski definition) is 2. The number of aromatic hydroxyl groups is 1. The van der Waals surface area contributed by atoms with E-state index in [9.17, 15) is 9.90 Å². The summed E-state index contributed by atoms with van der Waals surface area (Å²) in [5.41, 5.74) is 2.08. The third kappa shape index (κ3) is 3.88. The number of benzene rings is 3. The van der Waals surface area contributed by atoms with Gasteiger partial charge < -0.3 is 20.2 Å². The highest BCUT2D eigenvalue weighted by atomic mass is 16.3. The molecule has 1 aliphatic rings. The van der Waals surface area contributed by atoms with Gasteiger partial charge in [0.2, 0.25) is 0 Å². The number of amides is 2. The summed E-state index contributed by atoms with van der Waals surface area (Å²) >= 11 is 0. The molecule has 0 spiro atoms. The van der Waals surface area contributed by atoms with E-state index < -0.39 is 0 Å². The second-order valence-electron chi connectivity index (χ2n) is 7.08. The molecular weight excluding hydrogens is 350 g/mol. The van der Waals surface area contributed by atoms with Crippen LogP contribution in [0.5, 0.6) is 5.75 Å². The molecule has 1 aliphatic heterocycles. The zero-order valence-electron chi connectivity index (χ0n) is 15.8. The van der Waals surface area contributed by atoms with Crippen molar-refractivity contribution >= 4 is 22.5 Å². The fraction of sp³-hybridized carbons (Fsp3) is 0.261. The summed E-state index contributed by atoms with van der Waals surface area (Å²) in [5.74, 6) is 0.287. The van der Waals surface area contributed by atoms with Gasteiger partial charge in [0.1, 0.15) is 5.75 Å². The number of phenols is 1. The van der Waals surface area contributed by atoms with Gasteiger partial charge in [0.15, 0.2) is 0 Å². The van der Waals surface area contributed by atoms with Gasteiger partial charge in [-0.25, -0.2) is 4.79 Å². The normalized spacial score (nSPS) is 14.3. The maximum absolute atomic E-state index is 12.5. The van der Waals surface area contributed by atoms with Crippen molar-refractivity contribution in [1.82, 2.24) is 10.2 Å². The number of carbonyl (C=O) groups is 1. The summed E-state index contributed by atoms with van der Waals surface area (Å²) in [6, 6.07) is 22.0. The van der Waals surface area contributed by atoms with E-state index in [1.807, 2.05) is 29.2 Å². The molecule has 1 heterocycles. The van der Waals surface area contributed by atoms with Crippen LogP contribution >= 0.6 is 0 Å². The van der Waals surface area contributed by atoms with E-state index in [0.717, 1.165) is 12.1 Å². The molecule has 0 saturated carbocycles. The van der Waals surface area contributed by atoms with Crippen LogP contribution in [0.4, 0.5) is 10.5 Å². The Morgan fingerprint density at radius 3 is 2.43 bits per heavy atom. The Kier molecular flexibility index (Phi) is 5.33. The SMILES string of the molecule is O=C(NCCc1cccc2ccccc12)N1CCN(c2ccccc2O)CC1. The summed E-state index contributed by atoms with van der Waals surface area (Å²) in [6.07, 6.45) is 0.810. The van der Waals surface area contributed by atoms with Crippen molar-refractivity contribution in [2.75, 3.05) is 37.6 Å². The topological polar surface area (TPSA) is 55.8 Å². The highest BCUT2D eigenvalue weighted by Gasteiger charge is 2.22. The van der Waals surface area contributed by atoms with Crippen molar-refractivity contribution in [3.63, 3.8) is 0 Å². The van der Waals surface area contributed by atoms with Gasteiger partial charge in [-0.2, -0.15) is 0 Å². The number of phenolic OH excluding ortho intramolecular Hbond substituents is 1. The number of urea groups is 1. The number of hydrogen-bond acceptors (Lipinski definition) is 3. The molecule has 1 saturated heterocycles. The highest BCUT2D eigenvalue weighted by Crippen LogP contribution is 2.27. The molecule has 1 fully saturated rings. The molecule has 2 amide bonds. The summed E-state index contributed by atoms with van der Waals surface area (Å²) in [4.78, 5) is 16.5. The first-order chi connectivity index (χ1) is 13.7. The molecule has 5 nitrogen and oxygen atoms in total. The number of piperazine rings is 1. The Hall–Kier alpha value is -3.21. The molecule has 28 heavy (non-hydrogen) atoms. The number of carbonyl (C=O) groups excluding carboxylic acids is 1. The molecule has 144 valence electrons. The van der Waals surface area contributed by atoms with Crippen LogP contribution in [0, 0.1) is 0 Å². The third-order valence-corrected chi connectivity index (χ3v) is 5.34. The minimum Gasteiger partial charge on any atom is -0.506 e. The van der Waals surface area contributed by atoms with Gasteiger partial charge >= 0.3 is 6.03 Å². The van der Waals surface area contributed by atoms with Gasteiger partial charge in [-0.15, -0.1) is 0 Å². The number of nitrogens with zero attached hydrogens (tertiary/aromatic N) is 2. The molecule has 2 N–H and O–H groups in total. The van der Waals surface area contributed by atoms with Crippen LogP contribution in [0.15, 0.2) is 66.7 Å². The van der Waals surface area contributed by atoms with E-state index in [2.05, 4.69) is 46.6 Å². The fourth-order valence-electron chi connectivity index (χ4n) is 3.81. The maximum Gasteiger partial charge on any atom is 0.317 e. The zero-order valence-corrected chi connectivity index (χ0v) is 15.8. The van der Waals surface area contributed by atoms with Gasteiger partial charge in [-0.1, -0.05) is 54.6 Å². The molecule has 3 aromatic carbocycles. The fourth-order valence-corrected chi connectivity index (χ4v) is 3.81. The first-order valence-corrected chi connectivity index (χ1v) is 9.75. The van der Waals surface area contributed by atoms with E-state index in [0.29, 0.717) is 32.7 Å². The average molecular weight is 375 g/mol. The summed E-state index contributed by atoms with van der Waals surface area (Å²) in [6.45, 7) is 3.35. The molecule has 0 bridgehead atoms. The lowest BCUT2D eigenvalue weighted by Gasteiger charge is -2.36. The second-order valence-corrected chi connectivity index (χ2v) is 7.08. The Balaban J connectivity index is 1.29. The van der Waals surface area contributed by atoms with Crippen LogP contribution in [-0.4, -0.2) is 48.8 Å². The number of anilines is 1. The highest BCUT2D eigenvalue weighted by molar-refractivity contribution is 5.85. The van der Waals surface area contributed by atoms with Crippen molar-refractivity contribution in [3.8, 4) is 5.75 Å². The van der Waals surface area contributed by atoms with Crippen molar-refractivity contribution in [2.24, 2.45) is 0 Å². The molecule has 5 heteroatoms. The number of fused-ring (bicyclic) bond motifs is 1. The second kappa shape index (κ2) is 8.21. The monoisotopic (exact) mass is 375 g/mol. The van der Waals surface area contributed by atoms with Crippen LogP contribution in [0.3, 0.4) is 0 Å². The predicted octanol–water partition coefficient (Wildman–Crippen LogP) is 3.62. The third-order valence-electron chi connectivity index (χ3n) is 5.34. The minimum atomic E-state index is -0.0165. The van der Waals surface area contributed by atoms with Crippen LogP contribution in [-0.2, 0) is 6.42 Å². The number of para-hydroxylation sites is 2. The Bertz CT molecular complexity index is 959. The van der Waals surface area contributed by atoms with Gasteiger partial charge in [0, 0.05) is 32.7 Å². The van der Waals surface area contributed by atoms with Crippen LogP contribution in [0.2, 0.25) is 0 Å². The molecule has 0 unspecified atom stereocenters. The Labute approximate surface area is 165 Å².